The third-order valence-electron chi connectivity index (χ3n) is 7.22. The number of aryl methyl sites for hydroxylation is 1. The number of benzene rings is 2. The lowest BCUT2D eigenvalue weighted by molar-refractivity contribution is -0.123. The molecular weight excluding hydrogens is 402 g/mol. The number of fused-ring (bicyclic) bond motifs is 2. The first-order chi connectivity index (χ1) is 15.5. The lowest BCUT2D eigenvalue weighted by Gasteiger charge is -2.36. The number of hydrogen-bond donors (Lipinski definition) is 2. The molecule has 0 radical (unpaired) electrons. The van der Waals surface area contributed by atoms with Crippen molar-refractivity contribution in [2.75, 3.05) is 30.8 Å². The Kier molecular flexibility index (Phi) is 5.64. The summed E-state index contributed by atoms with van der Waals surface area (Å²) in [5.74, 6) is 0.728. The Morgan fingerprint density at radius 3 is 2.62 bits per heavy atom. The standard InChI is InChI=1S/C26H31N3O3/c1-29-14-10-20(11-15-29)32-22-17-19(27-23(30)9-8-18-6-3-2-4-7-18)16-21-24(22)28-25(31)26(21)12-5-13-26/h2-4,6-7,16-17,20H,5,8-15H2,1H3,(H,27,30)(H,28,31). The van der Waals surface area contributed by atoms with Crippen molar-refractivity contribution in [1.82, 2.24) is 4.90 Å². The third kappa shape index (κ3) is 3.99. The van der Waals surface area contributed by atoms with Gasteiger partial charge in [-0.05, 0) is 56.3 Å². The molecule has 6 heteroatoms. The van der Waals surface area contributed by atoms with E-state index >= 15 is 0 Å². The van der Waals surface area contributed by atoms with Crippen molar-refractivity contribution < 1.29 is 14.3 Å². The van der Waals surface area contributed by atoms with E-state index in [9.17, 15) is 9.59 Å². The lowest BCUT2D eigenvalue weighted by atomic mass is 9.65. The second-order valence-corrected chi connectivity index (χ2v) is 9.44. The maximum atomic E-state index is 12.9. The van der Waals surface area contributed by atoms with Crippen LogP contribution >= 0.6 is 0 Å². The number of hydrogen-bond acceptors (Lipinski definition) is 4. The number of nitrogens with one attached hydrogen (secondary N) is 2. The Bertz CT molecular complexity index is 1010. The Hall–Kier alpha value is -2.86. The molecule has 32 heavy (non-hydrogen) atoms. The van der Waals surface area contributed by atoms with E-state index in [1.807, 2.05) is 42.5 Å². The highest BCUT2D eigenvalue weighted by molar-refractivity contribution is 6.09. The average molecular weight is 434 g/mol. The number of amides is 2. The smallest absolute Gasteiger partial charge is 0.235 e. The quantitative estimate of drug-likeness (QED) is 0.719. The van der Waals surface area contributed by atoms with Gasteiger partial charge in [-0.2, -0.15) is 0 Å². The van der Waals surface area contributed by atoms with E-state index in [0.717, 1.165) is 62.0 Å². The first-order valence-corrected chi connectivity index (χ1v) is 11.7. The molecule has 2 aromatic rings. The van der Waals surface area contributed by atoms with Crippen LogP contribution < -0.4 is 15.4 Å². The van der Waals surface area contributed by atoms with Gasteiger partial charge in [0.25, 0.3) is 0 Å². The molecule has 0 unspecified atom stereocenters. The fourth-order valence-corrected chi connectivity index (χ4v) is 5.08. The minimum Gasteiger partial charge on any atom is -0.488 e. The molecule has 1 spiro atoms. The molecule has 5 rings (SSSR count). The zero-order valence-electron chi connectivity index (χ0n) is 18.7. The predicted octanol–water partition coefficient (Wildman–Crippen LogP) is 4.10. The van der Waals surface area contributed by atoms with Crippen LogP contribution in [0.3, 0.4) is 0 Å². The Labute approximate surface area is 189 Å². The number of carbonyl (C=O) groups excluding carboxylic acids is 2. The van der Waals surface area contributed by atoms with Crippen molar-refractivity contribution >= 4 is 23.2 Å². The Morgan fingerprint density at radius 1 is 1.19 bits per heavy atom. The molecular formula is C26H31N3O3. The average Bonchev–Trinajstić information content (AvgIpc) is 3.07. The molecule has 2 aromatic carbocycles. The molecule has 1 saturated heterocycles. The van der Waals surface area contributed by atoms with Crippen LogP contribution in [0.5, 0.6) is 5.75 Å². The summed E-state index contributed by atoms with van der Waals surface area (Å²) in [6.07, 6.45) is 5.89. The number of anilines is 2. The van der Waals surface area contributed by atoms with Crippen LogP contribution in [0, 0.1) is 0 Å². The second kappa shape index (κ2) is 8.58. The highest BCUT2D eigenvalue weighted by Crippen LogP contribution is 2.54. The van der Waals surface area contributed by atoms with Crippen molar-refractivity contribution in [2.45, 2.75) is 56.5 Å². The summed E-state index contributed by atoms with van der Waals surface area (Å²) >= 11 is 0. The van der Waals surface area contributed by atoms with Gasteiger partial charge in [-0.25, -0.2) is 0 Å². The van der Waals surface area contributed by atoms with E-state index < -0.39 is 5.41 Å². The van der Waals surface area contributed by atoms with Gasteiger partial charge in [0.1, 0.15) is 11.9 Å². The molecule has 2 heterocycles. The Balaban J connectivity index is 1.36. The number of rotatable bonds is 6. The van der Waals surface area contributed by atoms with E-state index in [1.54, 1.807) is 0 Å². The van der Waals surface area contributed by atoms with Gasteiger partial charge in [-0.15, -0.1) is 0 Å². The topological polar surface area (TPSA) is 70.7 Å². The largest absolute Gasteiger partial charge is 0.488 e. The van der Waals surface area contributed by atoms with E-state index in [2.05, 4.69) is 22.6 Å². The predicted molar refractivity (Wildman–Crippen MR) is 125 cm³/mol. The summed E-state index contributed by atoms with van der Waals surface area (Å²) in [6, 6.07) is 13.9. The lowest BCUT2D eigenvalue weighted by Crippen LogP contribution is -2.40. The zero-order chi connectivity index (χ0) is 22.1. The van der Waals surface area contributed by atoms with Gasteiger partial charge in [0, 0.05) is 31.3 Å². The van der Waals surface area contributed by atoms with Crippen molar-refractivity contribution in [1.29, 1.82) is 0 Å². The summed E-state index contributed by atoms with van der Waals surface area (Å²) in [7, 11) is 2.13. The van der Waals surface area contributed by atoms with E-state index in [1.165, 1.54) is 0 Å². The number of likely N-dealkylation sites (tertiary alicyclic amines) is 1. The van der Waals surface area contributed by atoms with Gasteiger partial charge in [0.15, 0.2) is 0 Å². The van der Waals surface area contributed by atoms with Gasteiger partial charge in [-0.1, -0.05) is 36.8 Å². The first kappa shape index (κ1) is 21.0. The molecule has 2 N–H and O–H groups in total. The van der Waals surface area contributed by atoms with Crippen LogP contribution in [0.25, 0.3) is 0 Å². The summed E-state index contributed by atoms with van der Waals surface area (Å²) in [5.41, 5.74) is 3.19. The molecule has 2 amide bonds. The van der Waals surface area contributed by atoms with Gasteiger partial charge >= 0.3 is 0 Å². The zero-order valence-corrected chi connectivity index (χ0v) is 18.7. The first-order valence-electron chi connectivity index (χ1n) is 11.7. The summed E-state index contributed by atoms with van der Waals surface area (Å²) < 4.78 is 6.42. The van der Waals surface area contributed by atoms with Crippen molar-refractivity contribution in [3.05, 3.63) is 53.6 Å². The minimum atomic E-state index is -0.453. The van der Waals surface area contributed by atoms with E-state index in [4.69, 9.17) is 4.74 Å². The molecule has 2 fully saturated rings. The van der Waals surface area contributed by atoms with Gasteiger partial charge < -0.3 is 20.3 Å². The van der Waals surface area contributed by atoms with Crippen molar-refractivity contribution in [3.8, 4) is 5.75 Å². The van der Waals surface area contributed by atoms with Crippen LogP contribution in [-0.4, -0.2) is 43.0 Å². The number of carbonyl (C=O) groups is 2. The maximum Gasteiger partial charge on any atom is 0.235 e. The SMILES string of the molecule is CN1CCC(Oc2cc(NC(=O)CCc3ccccc3)cc3c2NC(=O)C32CCC2)CC1. The molecule has 1 saturated carbocycles. The molecule has 168 valence electrons. The number of nitrogens with zero attached hydrogens (tertiary/aromatic N) is 1. The highest BCUT2D eigenvalue weighted by atomic mass is 16.5. The maximum absolute atomic E-state index is 12.9. The van der Waals surface area contributed by atoms with Crippen LogP contribution in [0.2, 0.25) is 0 Å². The molecule has 6 nitrogen and oxygen atoms in total. The second-order valence-electron chi connectivity index (χ2n) is 9.44. The van der Waals surface area contributed by atoms with Crippen molar-refractivity contribution in [2.24, 2.45) is 0 Å². The molecule has 0 atom stereocenters. The summed E-state index contributed by atoms with van der Waals surface area (Å²) in [4.78, 5) is 27.9. The highest BCUT2D eigenvalue weighted by Gasteiger charge is 2.52. The van der Waals surface area contributed by atoms with Crippen LogP contribution in [-0.2, 0) is 21.4 Å². The number of piperidine rings is 1. The monoisotopic (exact) mass is 433 g/mol. The number of ether oxygens (including phenoxy) is 1. The molecule has 2 aliphatic heterocycles. The third-order valence-corrected chi connectivity index (χ3v) is 7.22. The molecule has 3 aliphatic rings. The van der Waals surface area contributed by atoms with Crippen molar-refractivity contribution in [3.63, 3.8) is 0 Å². The molecule has 1 aliphatic carbocycles. The van der Waals surface area contributed by atoms with E-state index in [-0.39, 0.29) is 17.9 Å². The van der Waals surface area contributed by atoms with Crippen LogP contribution in [0.4, 0.5) is 11.4 Å². The Morgan fingerprint density at radius 2 is 1.94 bits per heavy atom. The van der Waals surface area contributed by atoms with Gasteiger partial charge in [0.05, 0.1) is 11.1 Å². The fraction of sp³-hybridized carbons (Fsp3) is 0.462. The van der Waals surface area contributed by atoms with E-state index in [0.29, 0.717) is 24.3 Å². The summed E-state index contributed by atoms with van der Waals surface area (Å²) in [5, 5.41) is 6.16. The normalized spacial score (nSPS) is 19.8. The fourth-order valence-electron chi connectivity index (χ4n) is 5.08. The van der Waals surface area contributed by atoms with Crippen LogP contribution in [0.1, 0.15) is 49.7 Å². The van der Waals surface area contributed by atoms with Crippen LogP contribution in [0.15, 0.2) is 42.5 Å². The van der Waals surface area contributed by atoms with Gasteiger partial charge in [0.2, 0.25) is 11.8 Å². The molecule has 0 bridgehead atoms. The minimum absolute atomic E-state index is 0.0287. The summed E-state index contributed by atoms with van der Waals surface area (Å²) in [6.45, 7) is 2.00. The molecule has 0 aromatic heterocycles. The van der Waals surface area contributed by atoms with Gasteiger partial charge in [-0.3, -0.25) is 9.59 Å².